The third-order valence-electron chi connectivity index (χ3n) is 5.01. The van der Waals surface area contributed by atoms with Gasteiger partial charge in [-0.3, -0.25) is 0 Å². The van der Waals surface area contributed by atoms with Crippen LogP contribution in [0.15, 0.2) is 66.7 Å². The number of carbonyl (C=O) groups is 1. The first-order chi connectivity index (χ1) is 13.2. The average molecular weight is 361 g/mol. The predicted octanol–water partition coefficient (Wildman–Crippen LogP) is 4.20. The summed E-state index contributed by atoms with van der Waals surface area (Å²) < 4.78 is 5.21. The minimum absolute atomic E-state index is 0.0420. The maximum absolute atomic E-state index is 12.6. The molecule has 3 aromatic carbocycles. The lowest BCUT2D eigenvalue weighted by molar-refractivity contribution is 0.208. The SMILES string of the molecule is COc1ccc(N2CCN(C(=O)Nc3ccc4ccccc4c3)CC2)cc1. The number of nitrogens with zero attached hydrogens (tertiary/aromatic N) is 2. The van der Waals surface area contributed by atoms with Crippen molar-refractivity contribution >= 4 is 28.2 Å². The molecule has 1 saturated heterocycles. The van der Waals surface area contributed by atoms with E-state index in [1.54, 1.807) is 7.11 Å². The molecule has 4 rings (SSSR count). The second kappa shape index (κ2) is 7.58. The van der Waals surface area contributed by atoms with E-state index >= 15 is 0 Å². The quantitative estimate of drug-likeness (QED) is 0.760. The number of piperazine rings is 1. The number of hydrogen-bond acceptors (Lipinski definition) is 3. The molecule has 0 aromatic heterocycles. The van der Waals surface area contributed by atoms with Crippen molar-refractivity contribution in [3.05, 3.63) is 66.7 Å². The number of rotatable bonds is 3. The van der Waals surface area contributed by atoms with E-state index in [1.807, 2.05) is 47.4 Å². The molecule has 1 aliphatic rings. The number of urea groups is 1. The minimum Gasteiger partial charge on any atom is -0.497 e. The largest absolute Gasteiger partial charge is 0.497 e. The van der Waals surface area contributed by atoms with Gasteiger partial charge in [-0.2, -0.15) is 0 Å². The first-order valence-corrected chi connectivity index (χ1v) is 9.17. The number of fused-ring (bicyclic) bond motifs is 1. The predicted molar refractivity (Wildman–Crippen MR) is 110 cm³/mol. The molecule has 1 N–H and O–H groups in total. The fraction of sp³-hybridized carbons (Fsp3) is 0.227. The van der Waals surface area contributed by atoms with Crippen LogP contribution in [0.5, 0.6) is 5.75 Å². The maximum Gasteiger partial charge on any atom is 0.321 e. The normalized spacial score (nSPS) is 14.3. The number of ether oxygens (including phenoxy) is 1. The van der Waals surface area contributed by atoms with E-state index in [4.69, 9.17) is 4.74 Å². The summed E-state index contributed by atoms with van der Waals surface area (Å²) in [5.41, 5.74) is 1.99. The summed E-state index contributed by atoms with van der Waals surface area (Å²) in [6.45, 7) is 3.03. The molecule has 0 saturated carbocycles. The standard InChI is InChI=1S/C22H23N3O2/c1-27-21-10-8-20(9-11-21)24-12-14-25(15-13-24)22(26)23-19-7-6-17-4-2-3-5-18(17)16-19/h2-11,16H,12-15H2,1H3,(H,23,26). The summed E-state index contributed by atoms with van der Waals surface area (Å²) in [6, 6.07) is 22.2. The summed E-state index contributed by atoms with van der Waals surface area (Å²) >= 11 is 0. The molecule has 2 amide bonds. The second-order valence-corrected chi connectivity index (χ2v) is 6.66. The fourth-order valence-corrected chi connectivity index (χ4v) is 3.43. The Morgan fingerprint density at radius 2 is 1.59 bits per heavy atom. The van der Waals surface area contributed by atoms with Crippen LogP contribution in [-0.2, 0) is 0 Å². The second-order valence-electron chi connectivity index (χ2n) is 6.66. The highest BCUT2D eigenvalue weighted by Gasteiger charge is 2.21. The summed E-state index contributed by atoms with van der Waals surface area (Å²) in [4.78, 5) is 16.8. The van der Waals surface area contributed by atoms with Gasteiger partial charge >= 0.3 is 6.03 Å². The molecule has 5 nitrogen and oxygen atoms in total. The molecule has 0 radical (unpaired) electrons. The minimum atomic E-state index is -0.0420. The number of hydrogen-bond donors (Lipinski definition) is 1. The lowest BCUT2D eigenvalue weighted by Gasteiger charge is -2.36. The molecule has 0 aliphatic carbocycles. The van der Waals surface area contributed by atoms with Crippen molar-refractivity contribution in [1.82, 2.24) is 4.90 Å². The van der Waals surface area contributed by atoms with Gasteiger partial charge in [0.15, 0.2) is 0 Å². The van der Waals surface area contributed by atoms with E-state index < -0.39 is 0 Å². The van der Waals surface area contributed by atoms with Crippen molar-refractivity contribution in [2.75, 3.05) is 43.5 Å². The third kappa shape index (κ3) is 3.82. The zero-order valence-corrected chi connectivity index (χ0v) is 15.4. The van der Waals surface area contributed by atoms with Crippen molar-refractivity contribution < 1.29 is 9.53 Å². The van der Waals surface area contributed by atoms with Crippen molar-refractivity contribution in [1.29, 1.82) is 0 Å². The van der Waals surface area contributed by atoms with E-state index in [2.05, 4.69) is 34.5 Å². The Hall–Kier alpha value is -3.21. The molecule has 138 valence electrons. The van der Waals surface area contributed by atoms with Gasteiger partial charge in [0.05, 0.1) is 7.11 Å². The first kappa shape index (κ1) is 17.2. The lowest BCUT2D eigenvalue weighted by Crippen LogP contribution is -2.50. The Bertz CT molecular complexity index is 932. The smallest absolute Gasteiger partial charge is 0.321 e. The molecule has 1 fully saturated rings. The van der Waals surface area contributed by atoms with E-state index in [9.17, 15) is 4.79 Å². The zero-order valence-electron chi connectivity index (χ0n) is 15.4. The van der Waals surface area contributed by atoms with E-state index in [0.717, 1.165) is 35.6 Å². The van der Waals surface area contributed by atoms with Crippen molar-refractivity contribution in [2.45, 2.75) is 0 Å². The molecule has 0 atom stereocenters. The van der Waals surface area contributed by atoms with Crippen LogP contribution in [0.1, 0.15) is 0 Å². The van der Waals surface area contributed by atoms with Crippen LogP contribution in [0.3, 0.4) is 0 Å². The molecule has 3 aromatic rings. The van der Waals surface area contributed by atoms with Gasteiger partial charge in [-0.1, -0.05) is 30.3 Å². The summed E-state index contributed by atoms with van der Waals surface area (Å²) in [5, 5.41) is 5.32. The first-order valence-electron chi connectivity index (χ1n) is 9.17. The average Bonchev–Trinajstić information content (AvgIpc) is 2.74. The van der Waals surface area contributed by atoms with Crippen molar-refractivity contribution in [3.8, 4) is 5.75 Å². The van der Waals surface area contributed by atoms with Crippen LogP contribution in [0, 0.1) is 0 Å². The topological polar surface area (TPSA) is 44.8 Å². The van der Waals surface area contributed by atoms with Crippen LogP contribution in [0.2, 0.25) is 0 Å². The third-order valence-corrected chi connectivity index (χ3v) is 5.01. The van der Waals surface area contributed by atoms with Gasteiger partial charge in [-0.25, -0.2) is 4.79 Å². The van der Waals surface area contributed by atoms with Gasteiger partial charge in [-0.05, 0) is 47.2 Å². The highest BCUT2D eigenvalue weighted by atomic mass is 16.5. The van der Waals surface area contributed by atoms with Crippen molar-refractivity contribution in [3.63, 3.8) is 0 Å². The Balaban J connectivity index is 1.36. The molecule has 0 bridgehead atoms. The Morgan fingerprint density at radius 3 is 2.30 bits per heavy atom. The molecule has 1 heterocycles. The Kier molecular flexibility index (Phi) is 4.83. The van der Waals surface area contributed by atoms with Crippen LogP contribution in [0.25, 0.3) is 10.8 Å². The van der Waals surface area contributed by atoms with E-state index in [1.165, 1.54) is 5.39 Å². The molecule has 5 heteroatoms. The number of methoxy groups -OCH3 is 1. The number of nitrogens with one attached hydrogen (secondary N) is 1. The molecule has 1 aliphatic heterocycles. The van der Waals surface area contributed by atoms with Gasteiger partial charge in [-0.15, -0.1) is 0 Å². The highest BCUT2D eigenvalue weighted by Crippen LogP contribution is 2.22. The number of amides is 2. The molecular weight excluding hydrogens is 338 g/mol. The number of anilines is 2. The number of benzene rings is 3. The molecular formula is C22H23N3O2. The van der Waals surface area contributed by atoms with Crippen LogP contribution in [-0.4, -0.2) is 44.2 Å². The van der Waals surface area contributed by atoms with Crippen LogP contribution in [0.4, 0.5) is 16.2 Å². The summed E-state index contributed by atoms with van der Waals surface area (Å²) in [7, 11) is 1.67. The van der Waals surface area contributed by atoms with Crippen LogP contribution < -0.4 is 15.0 Å². The molecule has 0 spiro atoms. The van der Waals surface area contributed by atoms with Gasteiger partial charge < -0.3 is 19.9 Å². The zero-order chi connectivity index (χ0) is 18.6. The van der Waals surface area contributed by atoms with E-state index in [0.29, 0.717) is 13.1 Å². The molecule has 0 unspecified atom stereocenters. The van der Waals surface area contributed by atoms with Gasteiger partial charge in [0, 0.05) is 37.6 Å². The van der Waals surface area contributed by atoms with Crippen LogP contribution >= 0.6 is 0 Å². The fourth-order valence-electron chi connectivity index (χ4n) is 3.43. The molecule has 27 heavy (non-hydrogen) atoms. The van der Waals surface area contributed by atoms with Gasteiger partial charge in [0.25, 0.3) is 0 Å². The monoisotopic (exact) mass is 361 g/mol. The Morgan fingerprint density at radius 1 is 0.889 bits per heavy atom. The summed E-state index contributed by atoms with van der Waals surface area (Å²) in [5.74, 6) is 0.854. The lowest BCUT2D eigenvalue weighted by atomic mass is 10.1. The van der Waals surface area contributed by atoms with Gasteiger partial charge in [0.1, 0.15) is 5.75 Å². The van der Waals surface area contributed by atoms with E-state index in [-0.39, 0.29) is 6.03 Å². The Labute approximate surface area is 159 Å². The summed E-state index contributed by atoms with van der Waals surface area (Å²) in [6.07, 6.45) is 0. The maximum atomic E-state index is 12.6. The van der Waals surface area contributed by atoms with Crippen molar-refractivity contribution in [2.24, 2.45) is 0 Å². The highest BCUT2D eigenvalue weighted by molar-refractivity contribution is 5.93. The van der Waals surface area contributed by atoms with Gasteiger partial charge in [0.2, 0.25) is 0 Å². The number of carbonyl (C=O) groups excluding carboxylic acids is 1.